The molecule has 0 spiro atoms. The number of carbonyl (C=O) groups is 1. The minimum Gasteiger partial charge on any atom is -0.507 e. The minimum absolute atomic E-state index is 0.0333. The Morgan fingerprint density at radius 2 is 1.66 bits per heavy atom. The van der Waals surface area contributed by atoms with Gasteiger partial charge in [-0.25, -0.2) is 0 Å². The highest BCUT2D eigenvalue weighted by atomic mass is 16.3. The molecule has 0 fully saturated rings. The fourth-order valence-electron chi connectivity index (χ4n) is 5.57. The van der Waals surface area contributed by atoms with Gasteiger partial charge in [-0.05, 0) is 33.4 Å². The van der Waals surface area contributed by atoms with E-state index in [0.717, 1.165) is 56.9 Å². The van der Waals surface area contributed by atoms with Crippen molar-refractivity contribution in [1.29, 1.82) is 0 Å². The van der Waals surface area contributed by atoms with Gasteiger partial charge in [-0.2, -0.15) is 5.10 Å². The molecule has 0 saturated carbocycles. The number of hydrogen-bond acceptors (Lipinski definition) is 5. The zero-order valence-electron chi connectivity index (χ0n) is 21.1. The summed E-state index contributed by atoms with van der Waals surface area (Å²) in [4.78, 5) is 15.7. The molecule has 3 N–H and O–H groups in total. The second-order valence-corrected chi connectivity index (χ2v) is 9.79. The molecule has 0 radical (unpaired) electrons. The average molecular weight is 507 g/mol. The number of phenolic OH excluding ortho intramolecular Hbond substituents is 1. The number of aromatic hydroxyl groups is 1. The van der Waals surface area contributed by atoms with E-state index in [1.54, 1.807) is 10.7 Å². The molecule has 7 heteroatoms. The number of aromatic nitrogens is 2. The van der Waals surface area contributed by atoms with Crippen LogP contribution in [0.1, 0.15) is 32.9 Å². The number of hydrogen-bond donors (Lipinski definition) is 3. The van der Waals surface area contributed by atoms with E-state index < -0.39 is 0 Å². The van der Waals surface area contributed by atoms with Crippen molar-refractivity contribution in [1.82, 2.24) is 20.0 Å². The first-order valence-electron chi connectivity index (χ1n) is 13.0. The van der Waals surface area contributed by atoms with Gasteiger partial charge < -0.3 is 15.5 Å². The van der Waals surface area contributed by atoms with Crippen molar-refractivity contribution in [2.24, 2.45) is 0 Å². The van der Waals surface area contributed by atoms with Crippen molar-refractivity contribution in [3.05, 3.63) is 107 Å². The molecule has 38 heavy (non-hydrogen) atoms. The standard InChI is InChI=1S/C31H30N4O3/c36-17-16-35-28-14-15-34(19-23-12-13-29(37)26-11-4-3-10-25(23)26)20-27(28)30(33-35)31(38)32-18-22-8-5-7-21-6-1-2-9-24(21)22/h1-13,36-37H,14-20H2,(H,32,38). The summed E-state index contributed by atoms with van der Waals surface area (Å²) in [7, 11) is 0. The summed E-state index contributed by atoms with van der Waals surface area (Å²) in [5.41, 5.74) is 4.55. The lowest BCUT2D eigenvalue weighted by molar-refractivity contribution is 0.0942. The van der Waals surface area contributed by atoms with E-state index in [1.807, 2.05) is 54.6 Å². The number of nitrogens with zero attached hydrogens (tertiary/aromatic N) is 3. The van der Waals surface area contributed by atoms with E-state index in [9.17, 15) is 15.0 Å². The van der Waals surface area contributed by atoms with Crippen LogP contribution in [0.25, 0.3) is 21.5 Å². The van der Waals surface area contributed by atoms with Crippen molar-refractivity contribution in [3.8, 4) is 5.75 Å². The molecule has 2 heterocycles. The molecule has 0 bridgehead atoms. The van der Waals surface area contributed by atoms with E-state index in [2.05, 4.69) is 33.5 Å². The quantitative estimate of drug-likeness (QED) is 0.305. The highest BCUT2D eigenvalue weighted by Crippen LogP contribution is 2.30. The van der Waals surface area contributed by atoms with Gasteiger partial charge in [0.15, 0.2) is 5.69 Å². The highest BCUT2D eigenvalue weighted by Gasteiger charge is 2.28. The molecule has 0 atom stereocenters. The lowest BCUT2D eigenvalue weighted by atomic mass is 10.0. The molecule has 192 valence electrons. The Hall–Kier alpha value is -4.20. The Balaban J connectivity index is 1.25. The third-order valence-corrected chi connectivity index (χ3v) is 7.44. The Morgan fingerprint density at radius 3 is 2.50 bits per heavy atom. The fraction of sp³-hybridized carbons (Fsp3) is 0.226. The summed E-state index contributed by atoms with van der Waals surface area (Å²) in [6.07, 6.45) is 0.745. The monoisotopic (exact) mass is 506 g/mol. The van der Waals surface area contributed by atoms with Crippen LogP contribution in [0.3, 0.4) is 0 Å². The lowest BCUT2D eigenvalue weighted by Crippen LogP contribution is -2.32. The summed E-state index contributed by atoms with van der Waals surface area (Å²) in [5.74, 6) is 0.0727. The maximum atomic E-state index is 13.4. The normalized spacial score (nSPS) is 13.6. The first kappa shape index (κ1) is 24.2. The molecule has 1 aliphatic rings. The Labute approximate surface area is 220 Å². The van der Waals surface area contributed by atoms with E-state index in [4.69, 9.17) is 0 Å². The van der Waals surface area contributed by atoms with E-state index >= 15 is 0 Å². The van der Waals surface area contributed by atoms with Gasteiger partial charge in [0.05, 0.1) is 13.2 Å². The number of nitrogens with one attached hydrogen (secondary N) is 1. The summed E-state index contributed by atoms with van der Waals surface area (Å²) >= 11 is 0. The van der Waals surface area contributed by atoms with Gasteiger partial charge in [0, 0.05) is 49.2 Å². The third-order valence-electron chi connectivity index (χ3n) is 7.44. The zero-order chi connectivity index (χ0) is 26.1. The van der Waals surface area contributed by atoms with Crippen LogP contribution in [0, 0.1) is 0 Å². The van der Waals surface area contributed by atoms with Crippen LogP contribution in [0.15, 0.2) is 78.9 Å². The fourth-order valence-corrected chi connectivity index (χ4v) is 5.57. The van der Waals surface area contributed by atoms with Crippen molar-refractivity contribution >= 4 is 27.5 Å². The molecule has 6 rings (SSSR count). The van der Waals surface area contributed by atoms with Crippen molar-refractivity contribution < 1.29 is 15.0 Å². The number of amides is 1. The van der Waals surface area contributed by atoms with Gasteiger partial charge in [0.25, 0.3) is 5.91 Å². The number of rotatable bonds is 7. The average Bonchev–Trinajstić information content (AvgIpc) is 3.31. The predicted molar refractivity (Wildman–Crippen MR) is 148 cm³/mol. The smallest absolute Gasteiger partial charge is 0.272 e. The van der Waals surface area contributed by atoms with E-state index in [1.165, 1.54) is 0 Å². The molecule has 0 saturated heterocycles. The lowest BCUT2D eigenvalue weighted by Gasteiger charge is -2.28. The van der Waals surface area contributed by atoms with Crippen LogP contribution in [0.4, 0.5) is 0 Å². The maximum absolute atomic E-state index is 13.4. The van der Waals surface area contributed by atoms with Crippen LogP contribution >= 0.6 is 0 Å². The molecule has 7 nitrogen and oxygen atoms in total. The number of benzene rings is 4. The van der Waals surface area contributed by atoms with Crippen molar-refractivity contribution in [2.75, 3.05) is 13.2 Å². The molecule has 5 aromatic rings. The van der Waals surface area contributed by atoms with E-state index in [-0.39, 0.29) is 18.3 Å². The first-order chi connectivity index (χ1) is 18.6. The first-order valence-corrected chi connectivity index (χ1v) is 13.0. The van der Waals surface area contributed by atoms with Gasteiger partial charge >= 0.3 is 0 Å². The topological polar surface area (TPSA) is 90.6 Å². The molecule has 1 aromatic heterocycles. The Kier molecular flexibility index (Phi) is 6.54. The van der Waals surface area contributed by atoms with Crippen LogP contribution in [0.2, 0.25) is 0 Å². The minimum atomic E-state index is -0.206. The highest BCUT2D eigenvalue weighted by molar-refractivity contribution is 5.94. The SMILES string of the molecule is O=C(NCc1cccc2ccccc12)c1nn(CCO)c2c1CN(Cc1ccc(O)c3ccccc13)CC2. The summed E-state index contributed by atoms with van der Waals surface area (Å²) in [6, 6.07) is 25.9. The maximum Gasteiger partial charge on any atom is 0.272 e. The van der Waals surface area contributed by atoms with Crippen LogP contribution in [0.5, 0.6) is 5.75 Å². The van der Waals surface area contributed by atoms with Gasteiger partial charge in [-0.3, -0.25) is 14.4 Å². The molecule has 0 unspecified atom stereocenters. The largest absolute Gasteiger partial charge is 0.507 e. The Bertz CT molecular complexity index is 1640. The molecular weight excluding hydrogens is 476 g/mol. The van der Waals surface area contributed by atoms with Gasteiger partial charge in [-0.15, -0.1) is 0 Å². The van der Waals surface area contributed by atoms with Gasteiger partial charge in [-0.1, -0.05) is 72.8 Å². The summed E-state index contributed by atoms with van der Waals surface area (Å²) < 4.78 is 1.79. The number of carbonyl (C=O) groups excluding carboxylic acids is 1. The Morgan fingerprint density at radius 1 is 0.895 bits per heavy atom. The van der Waals surface area contributed by atoms with E-state index in [0.29, 0.717) is 31.9 Å². The van der Waals surface area contributed by atoms with Crippen LogP contribution in [-0.4, -0.2) is 44.0 Å². The van der Waals surface area contributed by atoms with Crippen molar-refractivity contribution in [3.63, 3.8) is 0 Å². The molecular formula is C31H30N4O3. The van der Waals surface area contributed by atoms with Gasteiger partial charge in [0.1, 0.15) is 5.75 Å². The second-order valence-electron chi connectivity index (χ2n) is 9.79. The van der Waals surface area contributed by atoms with Gasteiger partial charge in [0.2, 0.25) is 0 Å². The zero-order valence-corrected chi connectivity index (χ0v) is 21.1. The molecule has 1 aliphatic heterocycles. The van der Waals surface area contributed by atoms with Crippen LogP contribution < -0.4 is 5.32 Å². The molecule has 0 aliphatic carbocycles. The number of aliphatic hydroxyl groups excluding tert-OH is 1. The molecule has 1 amide bonds. The molecule has 4 aromatic carbocycles. The predicted octanol–water partition coefficient (Wildman–Crippen LogP) is 4.38. The number of phenols is 1. The van der Waals surface area contributed by atoms with Crippen LogP contribution in [-0.2, 0) is 32.6 Å². The number of fused-ring (bicyclic) bond motifs is 3. The number of aliphatic hydroxyl groups is 1. The summed E-state index contributed by atoms with van der Waals surface area (Å²) in [6.45, 7) is 2.84. The third kappa shape index (κ3) is 4.51. The summed E-state index contributed by atoms with van der Waals surface area (Å²) in [5, 5.41) is 31.7. The second kappa shape index (κ2) is 10.3. The van der Waals surface area contributed by atoms with Crippen molar-refractivity contribution in [2.45, 2.75) is 32.6 Å².